The van der Waals surface area contributed by atoms with E-state index in [1.54, 1.807) is 12.1 Å². The average Bonchev–Trinajstić information content (AvgIpc) is 2.84. The molecule has 5 nitrogen and oxygen atoms in total. The highest BCUT2D eigenvalue weighted by molar-refractivity contribution is 5.27. The maximum absolute atomic E-state index is 9.58. The van der Waals surface area contributed by atoms with Crippen molar-refractivity contribution in [1.82, 2.24) is 16.1 Å². The standard InChI is InChI=1S/C28H44N4O/c1-2-3-16-28(32-29,18-23-8-5-4-6-9-23)22-31-20-25-14-12-24(13-15-25)19-30-21-26-10-7-11-27(33)17-26/h7,10-15,17,23,30-33H,2-6,8-9,16,18-22,29H2,1H3. The van der Waals surface area contributed by atoms with Gasteiger partial charge in [-0.25, -0.2) is 0 Å². The SMILES string of the molecule is CCCCC(CNCc1ccc(CNCc2cccc(O)c2)cc1)(CC1CCCCC1)NN. The lowest BCUT2D eigenvalue weighted by Gasteiger charge is -2.38. The van der Waals surface area contributed by atoms with Crippen molar-refractivity contribution in [2.45, 2.75) is 89.9 Å². The maximum Gasteiger partial charge on any atom is 0.115 e. The fourth-order valence-electron chi connectivity index (χ4n) is 5.14. The molecule has 1 saturated carbocycles. The first kappa shape index (κ1) is 25.7. The smallest absolute Gasteiger partial charge is 0.115 e. The predicted octanol–water partition coefficient (Wildman–Crippen LogP) is 5.13. The van der Waals surface area contributed by atoms with Crippen molar-refractivity contribution < 1.29 is 5.11 Å². The lowest BCUT2D eigenvalue weighted by atomic mass is 9.77. The first-order valence-corrected chi connectivity index (χ1v) is 12.9. The Labute approximate surface area is 200 Å². The molecular weight excluding hydrogens is 408 g/mol. The monoisotopic (exact) mass is 452 g/mol. The van der Waals surface area contributed by atoms with E-state index in [4.69, 9.17) is 5.84 Å². The number of phenolic OH excluding ortho intramolecular Hbond substituents is 1. The fourth-order valence-corrected chi connectivity index (χ4v) is 5.14. The number of nitrogens with one attached hydrogen (secondary N) is 3. The van der Waals surface area contributed by atoms with Crippen LogP contribution in [0.1, 0.15) is 81.4 Å². The van der Waals surface area contributed by atoms with Crippen molar-refractivity contribution >= 4 is 0 Å². The number of nitrogens with two attached hydrogens (primary N) is 1. The van der Waals surface area contributed by atoms with Crippen molar-refractivity contribution in [2.24, 2.45) is 11.8 Å². The van der Waals surface area contributed by atoms with Crippen LogP contribution < -0.4 is 21.9 Å². The van der Waals surface area contributed by atoms with Crippen molar-refractivity contribution in [1.29, 1.82) is 0 Å². The highest BCUT2D eigenvalue weighted by Crippen LogP contribution is 2.32. The van der Waals surface area contributed by atoms with Gasteiger partial charge in [0.15, 0.2) is 0 Å². The van der Waals surface area contributed by atoms with Crippen LogP contribution in [0.2, 0.25) is 0 Å². The topological polar surface area (TPSA) is 82.3 Å². The minimum Gasteiger partial charge on any atom is -0.508 e. The third kappa shape index (κ3) is 8.74. The molecule has 5 heteroatoms. The summed E-state index contributed by atoms with van der Waals surface area (Å²) in [5, 5.41) is 16.7. The Bertz CT molecular complexity index is 804. The molecular formula is C28H44N4O. The van der Waals surface area contributed by atoms with Crippen molar-refractivity contribution in [3.05, 3.63) is 65.2 Å². The van der Waals surface area contributed by atoms with Crippen LogP contribution in [0.25, 0.3) is 0 Å². The third-order valence-corrected chi connectivity index (χ3v) is 7.10. The highest BCUT2D eigenvalue weighted by atomic mass is 16.3. The molecule has 33 heavy (non-hydrogen) atoms. The van der Waals surface area contributed by atoms with Gasteiger partial charge in [0.1, 0.15) is 5.75 Å². The first-order chi connectivity index (χ1) is 16.1. The van der Waals surface area contributed by atoms with E-state index in [0.29, 0.717) is 5.75 Å². The van der Waals surface area contributed by atoms with Crippen molar-refractivity contribution in [3.63, 3.8) is 0 Å². The molecule has 0 heterocycles. The molecule has 0 radical (unpaired) electrons. The summed E-state index contributed by atoms with van der Waals surface area (Å²) in [6, 6.07) is 16.2. The zero-order valence-electron chi connectivity index (χ0n) is 20.4. The first-order valence-electron chi connectivity index (χ1n) is 12.9. The summed E-state index contributed by atoms with van der Waals surface area (Å²) in [6.07, 6.45) is 11.6. The molecule has 0 aliphatic heterocycles. The molecule has 1 fully saturated rings. The molecule has 0 saturated heterocycles. The fraction of sp³-hybridized carbons (Fsp3) is 0.571. The van der Waals surface area contributed by atoms with Gasteiger partial charge in [0.25, 0.3) is 0 Å². The van der Waals surface area contributed by atoms with Crippen LogP contribution in [-0.4, -0.2) is 17.2 Å². The molecule has 0 aromatic heterocycles. The molecule has 0 amide bonds. The van der Waals surface area contributed by atoms with Gasteiger partial charge in [-0.3, -0.25) is 11.3 Å². The highest BCUT2D eigenvalue weighted by Gasteiger charge is 2.31. The lowest BCUT2D eigenvalue weighted by Crippen LogP contribution is -2.56. The van der Waals surface area contributed by atoms with Crippen molar-refractivity contribution in [3.8, 4) is 5.75 Å². The summed E-state index contributed by atoms with van der Waals surface area (Å²) in [7, 11) is 0. The molecule has 2 aromatic carbocycles. The molecule has 3 rings (SSSR count). The minimum absolute atomic E-state index is 0.00620. The molecule has 1 unspecified atom stereocenters. The van der Waals surface area contributed by atoms with E-state index in [1.165, 1.54) is 62.5 Å². The van der Waals surface area contributed by atoms with Crippen molar-refractivity contribution in [2.75, 3.05) is 6.54 Å². The molecule has 6 N–H and O–H groups in total. The molecule has 0 bridgehead atoms. The van der Waals surface area contributed by atoms with E-state index in [9.17, 15) is 5.11 Å². The van der Waals surface area contributed by atoms with Gasteiger partial charge in [-0.2, -0.15) is 0 Å². The summed E-state index contributed by atoms with van der Waals surface area (Å²) < 4.78 is 0. The minimum atomic E-state index is -0.00620. The van der Waals surface area contributed by atoms with Gasteiger partial charge >= 0.3 is 0 Å². The zero-order valence-corrected chi connectivity index (χ0v) is 20.4. The normalized spacial score (nSPS) is 16.5. The summed E-state index contributed by atoms with van der Waals surface area (Å²) in [5.74, 6) is 7.27. The largest absolute Gasteiger partial charge is 0.508 e. The molecule has 1 atom stereocenters. The second-order valence-electron chi connectivity index (χ2n) is 9.93. The summed E-state index contributed by atoms with van der Waals surface area (Å²) in [5.41, 5.74) is 6.89. The van der Waals surface area contributed by atoms with Gasteiger partial charge in [-0.05, 0) is 47.6 Å². The molecule has 182 valence electrons. The van der Waals surface area contributed by atoms with Crippen LogP contribution in [0, 0.1) is 5.92 Å². The quantitative estimate of drug-likeness (QED) is 0.203. The molecule has 1 aliphatic carbocycles. The Balaban J connectivity index is 1.45. The second kappa shape index (κ2) is 13.7. The van der Waals surface area contributed by atoms with Gasteiger partial charge in [0.2, 0.25) is 0 Å². The van der Waals surface area contributed by atoms with Crippen LogP contribution in [0.15, 0.2) is 48.5 Å². The van der Waals surface area contributed by atoms with E-state index in [0.717, 1.165) is 44.1 Å². The Morgan fingerprint density at radius 1 is 0.909 bits per heavy atom. The van der Waals surface area contributed by atoms with Gasteiger partial charge in [-0.1, -0.05) is 88.3 Å². The van der Waals surface area contributed by atoms with E-state index in [1.807, 2.05) is 12.1 Å². The number of hydrazine groups is 1. The van der Waals surface area contributed by atoms with Crippen LogP contribution in [-0.2, 0) is 19.6 Å². The van der Waals surface area contributed by atoms with E-state index in [-0.39, 0.29) is 5.54 Å². The summed E-state index contributed by atoms with van der Waals surface area (Å²) >= 11 is 0. The number of hydrogen-bond acceptors (Lipinski definition) is 5. The zero-order chi connectivity index (χ0) is 23.4. The number of phenols is 1. The number of benzene rings is 2. The maximum atomic E-state index is 9.58. The number of hydrogen-bond donors (Lipinski definition) is 5. The predicted molar refractivity (Wildman–Crippen MR) is 138 cm³/mol. The Hall–Kier alpha value is -1.92. The van der Waals surface area contributed by atoms with Gasteiger partial charge in [0, 0.05) is 31.7 Å². The van der Waals surface area contributed by atoms with E-state index >= 15 is 0 Å². The summed E-state index contributed by atoms with van der Waals surface area (Å²) in [6.45, 7) is 5.58. The third-order valence-electron chi connectivity index (χ3n) is 7.10. The molecule has 1 aliphatic rings. The van der Waals surface area contributed by atoms with Gasteiger partial charge in [-0.15, -0.1) is 0 Å². The average molecular weight is 453 g/mol. The summed E-state index contributed by atoms with van der Waals surface area (Å²) in [4.78, 5) is 0. The van der Waals surface area contributed by atoms with Gasteiger partial charge in [0.05, 0.1) is 0 Å². The van der Waals surface area contributed by atoms with Crippen LogP contribution >= 0.6 is 0 Å². The van der Waals surface area contributed by atoms with E-state index in [2.05, 4.69) is 47.2 Å². The Morgan fingerprint density at radius 3 is 2.21 bits per heavy atom. The lowest BCUT2D eigenvalue weighted by molar-refractivity contribution is 0.195. The van der Waals surface area contributed by atoms with Crippen LogP contribution in [0.3, 0.4) is 0 Å². The number of unbranched alkanes of at least 4 members (excludes halogenated alkanes) is 1. The molecule has 2 aromatic rings. The Morgan fingerprint density at radius 2 is 1.58 bits per heavy atom. The van der Waals surface area contributed by atoms with Gasteiger partial charge < -0.3 is 15.7 Å². The second-order valence-corrected chi connectivity index (χ2v) is 9.93. The number of rotatable bonds is 14. The number of aromatic hydroxyl groups is 1. The van der Waals surface area contributed by atoms with E-state index < -0.39 is 0 Å². The molecule has 0 spiro atoms. The Kier molecular flexibility index (Phi) is 10.7. The van der Waals surface area contributed by atoms with Crippen LogP contribution in [0.4, 0.5) is 0 Å². The van der Waals surface area contributed by atoms with Crippen LogP contribution in [0.5, 0.6) is 5.75 Å².